The molecule has 0 unspecified atom stereocenters. The summed E-state index contributed by atoms with van der Waals surface area (Å²) in [5.41, 5.74) is 2.47. The summed E-state index contributed by atoms with van der Waals surface area (Å²) in [7, 11) is 1.65. The molecule has 1 fully saturated rings. The Labute approximate surface area is 320 Å². The Morgan fingerprint density at radius 2 is 1.17 bits per heavy atom. The molecule has 1 saturated heterocycles. The van der Waals surface area contributed by atoms with Crippen LogP contribution < -0.4 is 4.74 Å². The van der Waals surface area contributed by atoms with E-state index in [0.717, 1.165) is 37.4 Å². The van der Waals surface area contributed by atoms with Crippen LogP contribution in [0, 0.1) is 0 Å². The fourth-order valence-electron chi connectivity index (χ4n) is 6.34. The summed E-state index contributed by atoms with van der Waals surface area (Å²) in [5, 5.41) is 5.06. The molecule has 0 aliphatic carbocycles. The highest BCUT2D eigenvalue weighted by atomic mass is 16.5. The van der Waals surface area contributed by atoms with Crippen molar-refractivity contribution in [2.45, 2.75) is 19.4 Å². The minimum absolute atomic E-state index is 0.0240. The predicted molar refractivity (Wildman–Crippen MR) is 210 cm³/mol. The number of ether oxygens (including phenoxy) is 8. The van der Waals surface area contributed by atoms with Gasteiger partial charge in [-0.3, -0.25) is 9.69 Å². The van der Waals surface area contributed by atoms with Crippen molar-refractivity contribution < 1.29 is 42.7 Å². The fourth-order valence-corrected chi connectivity index (χ4v) is 6.34. The zero-order chi connectivity index (χ0) is 37.5. The van der Waals surface area contributed by atoms with E-state index in [4.69, 9.17) is 37.9 Å². The molecule has 294 valence electrons. The van der Waals surface area contributed by atoms with Crippen LogP contribution in [0.15, 0.2) is 78.9 Å². The first-order chi connectivity index (χ1) is 26.7. The van der Waals surface area contributed by atoms with E-state index >= 15 is 0 Å². The van der Waals surface area contributed by atoms with E-state index < -0.39 is 0 Å². The number of carbonyl (C=O) groups excluding carboxylic acids is 1. The van der Waals surface area contributed by atoms with Crippen LogP contribution in [0.25, 0.3) is 21.5 Å². The van der Waals surface area contributed by atoms with Crippen molar-refractivity contribution in [2.24, 2.45) is 0 Å². The van der Waals surface area contributed by atoms with E-state index in [-0.39, 0.29) is 5.91 Å². The first-order valence-electron chi connectivity index (χ1n) is 19.3. The molecular weight excluding hydrogens is 688 g/mol. The third kappa shape index (κ3) is 14.5. The molecule has 11 heteroatoms. The molecular formula is C43H58N2O9. The molecule has 11 nitrogen and oxygen atoms in total. The molecule has 0 bridgehead atoms. The van der Waals surface area contributed by atoms with Crippen LogP contribution in [-0.2, 0) is 50.9 Å². The topological polar surface area (TPSA) is 97.4 Å². The second-order valence-electron chi connectivity index (χ2n) is 13.1. The first kappa shape index (κ1) is 41.5. The van der Waals surface area contributed by atoms with Crippen molar-refractivity contribution in [3.8, 4) is 5.75 Å². The van der Waals surface area contributed by atoms with Crippen LogP contribution in [0.1, 0.15) is 17.5 Å². The first-order valence-corrected chi connectivity index (χ1v) is 19.3. The highest BCUT2D eigenvalue weighted by Gasteiger charge is 2.15. The van der Waals surface area contributed by atoms with Gasteiger partial charge in [-0.15, -0.1) is 0 Å². The Morgan fingerprint density at radius 1 is 0.611 bits per heavy atom. The summed E-state index contributed by atoms with van der Waals surface area (Å²) < 4.78 is 45.7. The molecule has 4 aromatic carbocycles. The van der Waals surface area contributed by atoms with E-state index in [1.54, 1.807) is 12.0 Å². The molecule has 0 atom stereocenters. The number of fused-ring (bicyclic) bond motifs is 2. The van der Waals surface area contributed by atoms with E-state index in [9.17, 15) is 4.79 Å². The number of hydrogen-bond acceptors (Lipinski definition) is 10. The number of rotatable bonds is 15. The Kier molecular flexibility index (Phi) is 19.0. The van der Waals surface area contributed by atoms with Gasteiger partial charge < -0.3 is 42.8 Å². The quantitative estimate of drug-likeness (QED) is 0.116. The largest absolute Gasteiger partial charge is 0.491 e. The second-order valence-corrected chi connectivity index (χ2v) is 13.1. The van der Waals surface area contributed by atoms with Gasteiger partial charge in [-0.1, -0.05) is 60.7 Å². The molecule has 54 heavy (non-hydrogen) atoms. The van der Waals surface area contributed by atoms with Crippen LogP contribution in [0.5, 0.6) is 5.75 Å². The van der Waals surface area contributed by atoms with Gasteiger partial charge in [0.2, 0.25) is 5.91 Å². The van der Waals surface area contributed by atoms with Crippen LogP contribution in [0.3, 0.4) is 0 Å². The minimum atomic E-state index is 0.0240. The standard InChI is InChI=1S/C43H58N2O9/c1-47-26-27-53-32-33-54-39-12-10-36(11-13-39)14-20-48-21-15-43(46)45-18-24-51-30-28-49-22-16-44(17-23-50-29-31-52-25-19-45)35-42-40-8-4-2-6-37(40)34-38-7-3-5-9-41(38)42/h2-13,34H,14-33,35H2,1H3. The highest BCUT2D eigenvalue weighted by molar-refractivity contribution is 6.02. The van der Waals surface area contributed by atoms with Gasteiger partial charge in [0.15, 0.2) is 0 Å². The van der Waals surface area contributed by atoms with Gasteiger partial charge in [-0.05, 0) is 57.3 Å². The molecule has 0 aromatic heterocycles. The van der Waals surface area contributed by atoms with E-state index in [2.05, 4.69) is 59.5 Å². The maximum atomic E-state index is 13.1. The zero-order valence-electron chi connectivity index (χ0n) is 31.9. The smallest absolute Gasteiger partial charge is 0.225 e. The summed E-state index contributed by atoms with van der Waals surface area (Å²) in [6, 6.07) is 27.5. The third-order valence-electron chi connectivity index (χ3n) is 9.32. The minimum Gasteiger partial charge on any atom is -0.491 e. The van der Waals surface area contributed by atoms with Gasteiger partial charge in [0.1, 0.15) is 12.4 Å². The highest BCUT2D eigenvalue weighted by Crippen LogP contribution is 2.29. The molecule has 0 N–H and O–H groups in total. The lowest BCUT2D eigenvalue weighted by molar-refractivity contribution is -0.134. The third-order valence-corrected chi connectivity index (χ3v) is 9.32. The number of hydrogen-bond donors (Lipinski definition) is 0. The summed E-state index contributed by atoms with van der Waals surface area (Å²) in [5.74, 6) is 0.826. The summed E-state index contributed by atoms with van der Waals surface area (Å²) >= 11 is 0. The molecule has 1 aliphatic heterocycles. The summed E-state index contributed by atoms with van der Waals surface area (Å²) in [4.78, 5) is 17.3. The van der Waals surface area contributed by atoms with Crippen molar-refractivity contribution >= 4 is 27.5 Å². The number of nitrogens with zero attached hydrogens (tertiary/aromatic N) is 2. The monoisotopic (exact) mass is 746 g/mol. The van der Waals surface area contributed by atoms with Gasteiger partial charge >= 0.3 is 0 Å². The Balaban J connectivity index is 1.00. The lowest BCUT2D eigenvalue weighted by atomic mass is 9.96. The van der Waals surface area contributed by atoms with Crippen molar-refractivity contribution in [3.05, 3.63) is 90.0 Å². The Bertz CT molecular complexity index is 1560. The molecule has 0 spiro atoms. The summed E-state index contributed by atoms with van der Waals surface area (Å²) in [6.07, 6.45) is 1.06. The van der Waals surface area contributed by atoms with Crippen LogP contribution >= 0.6 is 0 Å². The lowest BCUT2D eigenvalue weighted by Crippen LogP contribution is -2.37. The van der Waals surface area contributed by atoms with Gasteiger partial charge in [0.25, 0.3) is 0 Å². The molecule has 4 aromatic rings. The average Bonchev–Trinajstić information content (AvgIpc) is 3.20. The van der Waals surface area contributed by atoms with Crippen molar-refractivity contribution in [1.82, 2.24) is 9.80 Å². The maximum absolute atomic E-state index is 13.1. The molecule has 5 rings (SSSR count). The fraction of sp³-hybridized carbons (Fsp3) is 0.512. The van der Waals surface area contributed by atoms with Gasteiger partial charge in [-0.25, -0.2) is 0 Å². The molecule has 1 heterocycles. The van der Waals surface area contributed by atoms with Gasteiger partial charge in [0.05, 0.1) is 92.3 Å². The number of methoxy groups -OCH3 is 1. The molecule has 1 amide bonds. The molecule has 0 radical (unpaired) electrons. The molecule has 0 saturated carbocycles. The van der Waals surface area contributed by atoms with Gasteiger partial charge in [0, 0.05) is 39.8 Å². The molecule has 1 aliphatic rings. The normalized spacial score (nSPS) is 16.3. The number of amides is 1. The maximum Gasteiger partial charge on any atom is 0.225 e. The average molecular weight is 747 g/mol. The van der Waals surface area contributed by atoms with Crippen LogP contribution in [0.4, 0.5) is 0 Å². The van der Waals surface area contributed by atoms with E-state index in [1.165, 1.54) is 27.1 Å². The van der Waals surface area contributed by atoms with Crippen molar-refractivity contribution in [3.63, 3.8) is 0 Å². The SMILES string of the molecule is COCCOCCOc1ccc(CCOCCC(=O)N2CCOCCOCCN(Cc3c4ccccc4cc4ccccc34)CCOCCOCC2)cc1. The number of carbonyl (C=O) groups is 1. The van der Waals surface area contributed by atoms with Crippen molar-refractivity contribution in [1.29, 1.82) is 0 Å². The van der Waals surface area contributed by atoms with E-state index in [1.807, 2.05) is 24.3 Å². The predicted octanol–water partition coefficient (Wildman–Crippen LogP) is 5.39. The Hall–Kier alpha value is -3.65. The summed E-state index contributed by atoms with van der Waals surface area (Å²) in [6.45, 7) is 10.3. The van der Waals surface area contributed by atoms with E-state index in [0.29, 0.717) is 112 Å². The van der Waals surface area contributed by atoms with Crippen LogP contribution in [0.2, 0.25) is 0 Å². The second kappa shape index (κ2) is 24.7. The lowest BCUT2D eigenvalue weighted by Gasteiger charge is -2.25. The Morgan fingerprint density at radius 3 is 1.78 bits per heavy atom. The number of benzene rings is 4. The van der Waals surface area contributed by atoms with Gasteiger partial charge in [-0.2, -0.15) is 0 Å². The van der Waals surface area contributed by atoms with Crippen molar-refractivity contribution in [2.75, 3.05) is 126 Å². The zero-order valence-corrected chi connectivity index (χ0v) is 31.9. The van der Waals surface area contributed by atoms with Crippen LogP contribution in [-0.4, -0.2) is 141 Å².